The molecule has 2 aliphatic heterocycles. The summed E-state index contributed by atoms with van der Waals surface area (Å²) in [6.07, 6.45) is 2.14. The van der Waals surface area contributed by atoms with Crippen LogP contribution in [-0.4, -0.2) is 55.2 Å². The summed E-state index contributed by atoms with van der Waals surface area (Å²) in [6.45, 7) is 7.89. The first-order valence-corrected chi connectivity index (χ1v) is 11.6. The van der Waals surface area contributed by atoms with Crippen LogP contribution in [0.1, 0.15) is 43.7 Å². The zero-order chi connectivity index (χ0) is 22.5. The number of hydrogen-bond donors (Lipinski definition) is 1. The second-order valence-corrected chi connectivity index (χ2v) is 9.00. The smallest absolute Gasteiger partial charge is 0.321 e. The Kier molecular flexibility index (Phi) is 7.02. The van der Waals surface area contributed by atoms with Crippen LogP contribution in [0.3, 0.4) is 0 Å². The summed E-state index contributed by atoms with van der Waals surface area (Å²) < 4.78 is 5.20. The molecule has 1 N–H and O–H groups in total. The summed E-state index contributed by atoms with van der Waals surface area (Å²) in [5.74, 6) is 8.08. The van der Waals surface area contributed by atoms with Crippen LogP contribution in [-0.2, 0) is 0 Å². The molecule has 0 spiro atoms. The van der Waals surface area contributed by atoms with E-state index in [1.807, 2.05) is 29.2 Å². The monoisotopic (exact) mass is 431 g/mol. The SMILES string of the molecule is COc1ccc(NC(=O)N2CCCN3CC[C@H](c4ccc(C#CC(C)C)cc4)[C@@H]3C2)cc1. The normalized spacial score (nSPS) is 20.8. The molecule has 0 bridgehead atoms. The summed E-state index contributed by atoms with van der Waals surface area (Å²) in [5, 5.41) is 3.05. The van der Waals surface area contributed by atoms with Gasteiger partial charge in [-0.15, -0.1) is 0 Å². The Bertz CT molecular complexity index is 973. The molecule has 2 heterocycles. The average Bonchev–Trinajstić information content (AvgIpc) is 3.07. The van der Waals surface area contributed by atoms with E-state index in [-0.39, 0.29) is 6.03 Å². The molecule has 5 heteroatoms. The van der Waals surface area contributed by atoms with E-state index in [4.69, 9.17) is 4.74 Å². The molecule has 0 aromatic heterocycles. The minimum Gasteiger partial charge on any atom is -0.497 e. The Morgan fingerprint density at radius 1 is 1.06 bits per heavy atom. The third kappa shape index (κ3) is 5.26. The lowest BCUT2D eigenvalue weighted by Crippen LogP contribution is -2.43. The van der Waals surface area contributed by atoms with Crippen LogP contribution in [0, 0.1) is 17.8 Å². The second-order valence-electron chi connectivity index (χ2n) is 9.00. The van der Waals surface area contributed by atoms with Gasteiger partial charge in [0.15, 0.2) is 0 Å². The molecule has 2 saturated heterocycles. The summed E-state index contributed by atoms with van der Waals surface area (Å²) in [4.78, 5) is 17.6. The molecular weight excluding hydrogens is 398 g/mol. The highest BCUT2D eigenvalue weighted by molar-refractivity contribution is 5.89. The number of benzene rings is 2. The Hall–Kier alpha value is -2.97. The first-order valence-electron chi connectivity index (χ1n) is 11.6. The fourth-order valence-electron chi connectivity index (χ4n) is 4.71. The average molecular weight is 432 g/mol. The lowest BCUT2D eigenvalue weighted by molar-refractivity contribution is 0.197. The van der Waals surface area contributed by atoms with Crippen molar-refractivity contribution < 1.29 is 9.53 Å². The molecule has 0 radical (unpaired) electrons. The van der Waals surface area contributed by atoms with Gasteiger partial charge in [-0.25, -0.2) is 4.79 Å². The third-order valence-corrected chi connectivity index (χ3v) is 6.41. The van der Waals surface area contributed by atoms with E-state index in [2.05, 4.69) is 60.2 Å². The van der Waals surface area contributed by atoms with Crippen LogP contribution in [0.4, 0.5) is 10.5 Å². The van der Waals surface area contributed by atoms with Gasteiger partial charge in [0.1, 0.15) is 5.75 Å². The zero-order valence-electron chi connectivity index (χ0n) is 19.3. The van der Waals surface area contributed by atoms with E-state index >= 15 is 0 Å². The first kappa shape index (κ1) is 22.2. The Morgan fingerprint density at radius 3 is 2.50 bits per heavy atom. The van der Waals surface area contributed by atoms with Crippen molar-refractivity contribution >= 4 is 11.7 Å². The van der Waals surface area contributed by atoms with Crippen LogP contribution >= 0.6 is 0 Å². The summed E-state index contributed by atoms with van der Waals surface area (Å²) >= 11 is 0. The molecule has 168 valence electrons. The lowest BCUT2D eigenvalue weighted by atomic mass is 9.91. The number of nitrogens with zero attached hydrogens (tertiary/aromatic N) is 2. The number of hydrogen-bond acceptors (Lipinski definition) is 3. The summed E-state index contributed by atoms with van der Waals surface area (Å²) in [5.41, 5.74) is 3.21. The first-order chi connectivity index (χ1) is 15.5. The van der Waals surface area contributed by atoms with Gasteiger partial charge in [0.05, 0.1) is 7.11 Å². The predicted octanol–water partition coefficient (Wildman–Crippen LogP) is 4.80. The fourth-order valence-corrected chi connectivity index (χ4v) is 4.71. The number of ether oxygens (including phenoxy) is 1. The molecule has 0 aliphatic carbocycles. The van der Waals surface area contributed by atoms with Crippen LogP contribution in [0.5, 0.6) is 5.75 Å². The van der Waals surface area contributed by atoms with Gasteiger partial charge >= 0.3 is 6.03 Å². The number of amides is 2. The van der Waals surface area contributed by atoms with Gasteiger partial charge in [0.2, 0.25) is 0 Å². The molecule has 32 heavy (non-hydrogen) atoms. The van der Waals surface area contributed by atoms with E-state index < -0.39 is 0 Å². The minimum absolute atomic E-state index is 0.0259. The molecular formula is C27H33N3O2. The number of anilines is 1. The molecule has 2 aromatic carbocycles. The molecule has 5 nitrogen and oxygen atoms in total. The fraction of sp³-hybridized carbons (Fsp3) is 0.444. The minimum atomic E-state index is -0.0259. The van der Waals surface area contributed by atoms with Crippen LogP contribution in [0.15, 0.2) is 48.5 Å². The zero-order valence-corrected chi connectivity index (χ0v) is 19.3. The number of methoxy groups -OCH3 is 1. The number of urea groups is 1. The van der Waals surface area contributed by atoms with Crippen molar-refractivity contribution in [2.45, 2.75) is 38.6 Å². The second kappa shape index (κ2) is 10.1. The van der Waals surface area contributed by atoms with E-state index in [0.717, 1.165) is 56.0 Å². The predicted molar refractivity (Wildman–Crippen MR) is 129 cm³/mol. The van der Waals surface area contributed by atoms with Crippen LogP contribution < -0.4 is 10.1 Å². The van der Waals surface area contributed by atoms with E-state index in [1.165, 1.54) is 5.56 Å². The highest BCUT2D eigenvalue weighted by Crippen LogP contribution is 2.35. The van der Waals surface area contributed by atoms with Gasteiger partial charge < -0.3 is 15.0 Å². The standard InChI is InChI=1S/C27H33N3O2/c1-20(2)5-6-21-7-9-22(10-8-21)25-15-18-29-16-4-17-30(19-26(25)29)27(31)28-23-11-13-24(32-3)14-12-23/h7-14,20,25-26H,4,15-19H2,1-3H3,(H,28,31)/t25-,26+/m1/s1. The lowest BCUT2D eigenvalue weighted by Gasteiger charge is -2.30. The molecule has 2 amide bonds. The molecule has 2 fully saturated rings. The number of carbonyl (C=O) groups excluding carboxylic acids is 1. The third-order valence-electron chi connectivity index (χ3n) is 6.41. The molecule has 2 aliphatic rings. The number of nitrogens with one attached hydrogen (secondary N) is 1. The Labute approximate surface area is 191 Å². The quantitative estimate of drug-likeness (QED) is 0.710. The summed E-state index contributed by atoms with van der Waals surface area (Å²) in [7, 11) is 1.64. The molecule has 2 atom stereocenters. The molecule has 2 aromatic rings. The van der Waals surface area contributed by atoms with Gasteiger partial charge in [-0.1, -0.05) is 37.8 Å². The molecule has 0 unspecified atom stereocenters. The van der Waals surface area contributed by atoms with Crippen molar-refractivity contribution in [3.63, 3.8) is 0 Å². The van der Waals surface area contributed by atoms with Crippen molar-refractivity contribution in [1.29, 1.82) is 0 Å². The van der Waals surface area contributed by atoms with Gasteiger partial charge in [0.25, 0.3) is 0 Å². The van der Waals surface area contributed by atoms with E-state index in [0.29, 0.717) is 17.9 Å². The van der Waals surface area contributed by atoms with Crippen LogP contribution in [0.2, 0.25) is 0 Å². The summed E-state index contributed by atoms with van der Waals surface area (Å²) in [6, 6.07) is 16.5. The highest BCUT2D eigenvalue weighted by atomic mass is 16.5. The number of rotatable bonds is 3. The van der Waals surface area contributed by atoms with Crippen molar-refractivity contribution in [3.05, 3.63) is 59.7 Å². The maximum atomic E-state index is 13.0. The van der Waals surface area contributed by atoms with Gasteiger partial charge in [-0.3, -0.25) is 4.90 Å². The van der Waals surface area contributed by atoms with Gasteiger partial charge in [-0.2, -0.15) is 0 Å². The number of carbonyl (C=O) groups is 1. The van der Waals surface area contributed by atoms with Gasteiger partial charge in [0, 0.05) is 48.8 Å². The van der Waals surface area contributed by atoms with E-state index in [9.17, 15) is 4.79 Å². The van der Waals surface area contributed by atoms with Gasteiger partial charge in [-0.05, 0) is 61.3 Å². The number of fused-ring (bicyclic) bond motifs is 1. The maximum Gasteiger partial charge on any atom is 0.321 e. The van der Waals surface area contributed by atoms with Crippen LogP contribution in [0.25, 0.3) is 0 Å². The highest BCUT2D eigenvalue weighted by Gasteiger charge is 2.38. The Morgan fingerprint density at radius 2 is 1.81 bits per heavy atom. The maximum absolute atomic E-state index is 13.0. The van der Waals surface area contributed by atoms with Crippen molar-refractivity contribution in [2.75, 3.05) is 38.6 Å². The topological polar surface area (TPSA) is 44.8 Å². The van der Waals surface area contributed by atoms with Crippen molar-refractivity contribution in [1.82, 2.24) is 9.80 Å². The molecule has 0 saturated carbocycles. The van der Waals surface area contributed by atoms with Crippen molar-refractivity contribution in [2.24, 2.45) is 5.92 Å². The van der Waals surface area contributed by atoms with E-state index in [1.54, 1.807) is 7.11 Å². The van der Waals surface area contributed by atoms with Crippen molar-refractivity contribution in [3.8, 4) is 17.6 Å². The molecule has 4 rings (SSSR count). The largest absolute Gasteiger partial charge is 0.497 e. The Balaban J connectivity index is 1.44.